The highest BCUT2D eigenvalue weighted by atomic mass is 79.9. The van der Waals surface area contributed by atoms with Crippen molar-refractivity contribution in [3.63, 3.8) is 0 Å². The van der Waals surface area contributed by atoms with Gasteiger partial charge in [-0.15, -0.1) is 11.3 Å². The van der Waals surface area contributed by atoms with Crippen molar-refractivity contribution < 1.29 is 9.90 Å². The van der Waals surface area contributed by atoms with E-state index in [1.54, 1.807) is 0 Å². The molecule has 1 heterocycles. The maximum Gasteiger partial charge on any atom is 0.169 e. The van der Waals surface area contributed by atoms with Crippen LogP contribution in [0.1, 0.15) is 31.6 Å². The van der Waals surface area contributed by atoms with Crippen LogP contribution in [0, 0.1) is 0 Å². The molecule has 0 unspecified atom stereocenters. The molecule has 0 bridgehead atoms. The highest BCUT2D eigenvalue weighted by molar-refractivity contribution is 9.11. The van der Waals surface area contributed by atoms with Gasteiger partial charge in [-0.05, 0) is 40.9 Å². The van der Waals surface area contributed by atoms with E-state index in [9.17, 15) is 9.90 Å². The molecule has 0 aliphatic carbocycles. The quantitative estimate of drug-likeness (QED) is 0.904. The summed E-state index contributed by atoms with van der Waals surface area (Å²) in [5.74, 6) is -0.0816. The van der Waals surface area contributed by atoms with Crippen molar-refractivity contribution in [1.82, 2.24) is 0 Å². The van der Waals surface area contributed by atoms with Crippen molar-refractivity contribution in [1.29, 1.82) is 0 Å². The Labute approximate surface area is 102 Å². The Morgan fingerprint density at radius 1 is 1.47 bits per heavy atom. The molecular formula is C11H15BrO2S. The van der Waals surface area contributed by atoms with Gasteiger partial charge < -0.3 is 5.11 Å². The molecule has 0 saturated heterocycles. The maximum absolute atomic E-state index is 11.8. The van der Waals surface area contributed by atoms with E-state index in [4.69, 9.17) is 0 Å². The summed E-state index contributed by atoms with van der Waals surface area (Å²) >= 11 is 4.89. The second-order valence-electron chi connectivity index (χ2n) is 3.54. The van der Waals surface area contributed by atoms with E-state index in [-0.39, 0.29) is 5.78 Å². The smallest absolute Gasteiger partial charge is 0.169 e. The van der Waals surface area contributed by atoms with Crippen LogP contribution in [0.15, 0.2) is 15.9 Å². The molecular weight excluding hydrogens is 276 g/mol. The van der Waals surface area contributed by atoms with Gasteiger partial charge in [0.2, 0.25) is 0 Å². The predicted octanol–water partition coefficient (Wildman–Crippen LogP) is 3.17. The lowest BCUT2D eigenvalue weighted by atomic mass is 9.90. The number of aliphatic hydroxyl groups is 1. The van der Waals surface area contributed by atoms with E-state index in [0.29, 0.717) is 19.3 Å². The number of carbonyl (C=O) groups excluding carboxylic acids is 1. The van der Waals surface area contributed by atoms with Crippen LogP contribution in [0.3, 0.4) is 0 Å². The van der Waals surface area contributed by atoms with Gasteiger partial charge in [0, 0.05) is 11.3 Å². The van der Waals surface area contributed by atoms with Gasteiger partial charge in [-0.2, -0.15) is 0 Å². The van der Waals surface area contributed by atoms with E-state index in [1.807, 2.05) is 26.0 Å². The van der Waals surface area contributed by atoms with Crippen LogP contribution in [0.5, 0.6) is 0 Å². The molecule has 1 N–H and O–H groups in total. The number of thiophene rings is 1. The molecule has 0 radical (unpaired) electrons. The van der Waals surface area contributed by atoms with E-state index in [2.05, 4.69) is 15.9 Å². The number of Topliss-reactive ketones (excluding diaryl/α,β-unsaturated/α-hetero) is 1. The minimum absolute atomic E-state index is 0.0816. The molecule has 84 valence electrons. The van der Waals surface area contributed by atoms with Crippen LogP contribution in [0.2, 0.25) is 0 Å². The second-order valence-corrected chi connectivity index (χ2v) is 6.09. The minimum Gasteiger partial charge on any atom is -0.382 e. The number of hydrogen-bond donors (Lipinski definition) is 1. The van der Waals surface area contributed by atoms with Crippen molar-refractivity contribution >= 4 is 33.0 Å². The summed E-state index contributed by atoms with van der Waals surface area (Å²) in [6, 6.07) is 3.84. The van der Waals surface area contributed by atoms with Crippen LogP contribution in [-0.2, 0) is 11.2 Å². The predicted molar refractivity (Wildman–Crippen MR) is 66.3 cm³/mol. The largest absolute Gasteiger partial charge is 0.382 e. The highest BCUT2D eigenvalue weighted by Gasteiger charge is 2.31. The Hall–Kier alpha value is -0.190. The molecule has 0 aliphatic rings. The summed E-state index contributed by atoms with van der Waals surface area (Å²) in [6.07, 6.45) is 1.29. The molecule has 2 nitrogen and oxygen atoms in total. The number of hydrogen-bond acceptors (Lipinski definition) is 3. The molecule has 0 aromatic carbocycles. The molecule has 1 aromatic rings. The minimum atomic E-state index is -1.14. The van der Waals surface area contributed by atoms with Gasteiger partial charge in [-0.3, -0.25) is 4.79 Å². The first-order valence-electron chi connectivity index (χ1n) is 5.01. The molecule has 0 fully saturated rings. The summed E-state index contributed by atoms with van der Waals surface area (Å²) in [5.41, 5.74) is -1.14. The fraction of sp³-hybridized carbons (Fsp3) is 0.545. The Bertz CT molecular complexity index is 342. The first kappa shape index (κ1) is 12.9. The maximum atomic E-state index is 11.8. The molecule has 0 saturated carbocycles. The number of rotatable bonds is 5. The normalized spacial score (nSPS) is 11.7. The van der Waals surface area contributed by atoms with E-state index in [1.165, 1.54) is 11.3 Å². The summed E-state index contributed by atoms with van der Waals surface area (Å²) < 4.78 is 1.02. The molecule has 0 aliphatic heterocycles. The van der Waals surface area contributed by atoms with Gasteiger partial charge >= 0.3 is 0 Å². The summed E-state index contributed by atoms with van der Waals surface area (Å²) in [6.45, 7) is 3.68. The zero-order chi connectivity index (χ0) is 11.5. The molecule has 0 amide bonds. The Kier molecular flexibility index (Phi) is 4.49. The van der Waals surface area contributed by atoms with Crippen LogP contribution in [0.4, 0.5) is 0 Å². The standard InChI is InChI=1S/C11H15BrO2S/c1-3-11(14,4-2)9(13)7-8-5-6-10(12)15-8/h5-6,14H,3-4,7H2,1-2H3. The van der Waals surface area contributed by atoms with Crippen LogP contribution < -0.4 is 0 Å². The molecule has 1 aromatic heterocycles. The van der Waals surface area contributed by atoms with Crippen LogP contribution >= 0.6 is 27.3 Å². The van der Waals surface area contributed by atoms with Crippen LogP contribution in [-0.4, -0.2) is 16.5 Å². The number of halogens is 1. The third kappa shape index (κ3) is 3.13. The number of ketones is 1. The summed E-state index contributed by atoms with van der Waals surface area (Å²) in [5, 5.41) is 10.0. The molecule has 15 heavy (non-hydrogen) atoms. The molecule has 0 atom stereocenters. The second kappa shape index (κ2) is 5.23. The first-order chi connectivity index (χ1) is 7.01. The lowest BCUT2D eigenvalue weighted by molar-refractivity contribution is -0.137. The Morgan fingerprint density at radius 3 is 2.47 bits per heavy atom. The lowest BCUT2D eigenvalue weighted by Crippen LogP contribution is -2.38. The molecule has 4 heteroatoms. The van der Waals surface area contributed by atoms with Crippen molar-refractivity contribution in [3.8, 4) is 0 Å². The highest BCUT2D eigenvalue weighted by Crippen LogP contribution is 2.25. The van der Waals surface area contributed by atoms with Gasteiger partial charge in [-0.1, -0.05) is 13.8 Å². The summed E-state index contributed by atoms with van der Waals surface area (Å²) in [7, 11) is 0. The monoisotopic (exact) mass is 290 g/mol. The van der Waals surface area contributed by atoms with E-state index in [0.717, 1.165) is 8.66 Å². The zero-order valence-electron chi connectivity index (χ0n) is 8.92. The average molecular weight is 291 g/mol. The number of carbonyl (C=O) groups is 1. The molecule has 1 rings (SSSR count). The van der Waals surface area contributed by atoms with Gasteiger partial charge in [-0.25, -0.2) is 0 Å². The van der Waals surface area contributed by atoms with Gasteiger partial charge in [0.15, 0.2) is 5.78 Å². The zero-order valence-corrected chi connectivity index (χ0v) is 11.3. The first-order valence-corrected chi connectivity index (χ1v) is 6.62. The van der Waals surface area contributed by atoms with Crippen molar-refractivity contribution in [2.24, 2.45) is 0 Å². The van der Waals surface area contributed by atoms with Crippen molar-refractivity contribution in [2.75, 3.05) is 0 Å². The van der Waals surface area contributed by atoms with E-state index >= 15 is 0 Å². The van der Waals surface area contributed by atoms with Gasteiger partial charge in [0.25, 0.3) is 0 Å². The fourth-order valence-electron chi connectivity index (χ4n) is 1.41. The average Bonchev–Trinajstić information content (AvgIpc) is 2.62. The van der Waals surface area contributed by atoms with Crippen molar-refractivity contribution in [3.05, 3.63) is 20.8 Å². The van der Waals surface area contributed by atoms with Crippen LogP contribution in [0.25, 0.3) is 0 Å². The Morgan fingerprint density at radius 2 is 2.07 bits per heavy atom. The molecule has 0 spiro atoms. The topological polar surface area (TPSA) is 37.3 Å². The third-order valence-corrected chi connectivity index (χ3v) is 4.28. The SMILES string of the molecule is CCC(O)(CC)C(=O)Cc1ccc(Br)s1. The fourth-order valence-corrected chi connectivity index (χ4v) is 2.90. The van der Waals surface area contributed by atoms with E-state index < -0.39 is 5.60 Å². The van der Waals surface area contributed by atoms with Gasteiger partial charge in [0.1, 0.15) is 5.60 Å². The summed E-state index contributed by atoms with van der Waals surface area (Å²) in [4.78, 5) is 12.8. The van der Waals surface area contributed by atoms with Crippen molar-refractivity contribution in [2.45, 2.75) is 38.7 Å². The Balaban J connectivity index is 2.70. The van der Waals surface area contributed by atoms with Gasteiger partial charge in [0.05, 0.1) is 3.79 Å². The lowest BCUT2D eigenvalue weighted by Gasteiger charge is -2.22. The third-order valence-electron chi connectivity index (χ3n) is 2.65.